The molecule has 0 amide bonds. The van der Waals surface area contributed by atoms with E-state index in [1.165, 1.54) is 7.05 Å². The first-order valence-electron chi connectivity index (χ1n) is 4.74. The Morgan fingerprint density at radius 2 is 2.12 bits per heavy atom. The highest BCUT2D eigenvalue weighted by Crippen LogP contribution is 2.01. The maximum absolute atomic E-state index is 11.6. The Morgan fingerprint density at radius 1 is 1.56 bits per heavy atom. The minimum atomic E-state index is -3.57. The van der Waals surface area contributed by atoms with Crippen LogP contribution in [0.5, 0.6) is 0 Å². The van der Waals surface area contributed by atoms with Crippen LogP contribution in [-0.2, 0) is 15.0 Å². The van der Waals surface area contributed by atoms with E-state index in [9.17, 15) is 13.2 Å². The number of aliphatic carboxylic acids is 1. The largest absolute Gasteiger partial charge is 0.481 e. The molecule has 0 saturated heterocycles. The molecule has 0 aromatic carbocycles. The first kappa shape index (κ1) is 15.7. The number of thioether (sulfide) groups is 1. The van der Waals surface area contributed by atoms with Crippen molar-refractivity contribution in [1.82, 2.24) is 9.03 Å². The van der Waals surface area contributed by atoms with E-state index in [0.29, 0.717) is 5.75 Å². The predicted molar refractivity (Wildman–Crippen MR) is 64.8 cm³/mol. The number of nitrogens with one attached hydrogen (secondary N) is 1. The number of carbonyl (C=O) groups is 1. The molecular weight excluding hydrogens is 252 g/mol. The van der Waals surface area contributed by atoms with Crippen molar-refractivity contribution in [3.05, 3.63) is 0 Å². The van der Waals surface area contributed by atoms with Crippen LogP contribution >= 0.6 is 11.8 Å². The average molecular weight is 270 g/mol. The molecule has 0 aliphatic rings. The monoisotopic (exact) mass is 270 g/mol. The van der Waals surface area contributed by atoms with E-state index >= 15 is 0 Å². The first-order valence-corrected chi connectivity index (χ1v) is 7.57. The number of rotatable bonds is 8. The molecule has 0 aromatic heterocycles. The smallest absolute Gasteiger partial charge is 0.304 e. The zero-order valence-electron chi connectivity index (χ0n) is 9.63. The summed E-state index contributed by atoms with van der Waals surface area (Å²) in [4.78, 5) is 10.3. The van der Waals surface area contributed by atoms with Crippen molar-refractivity contribution in [1.29, 1.82) is 0 Å². The molecule has 96 valence electrons. The summed E-state index contributed by atoms with van der Waals surface area (Å²) in [5.74, 6) is -0.342. The molecule has 1 unspecified atom stereocenters. The van der Waals surface area contributed by atoms with Crippen LogP contribution in [0, 0.1) is 0 Å². The molecular formula is C8H18N2O4S2. The molecule has 0 aromatic rings. The Balaban J connectivity index is 4.25. The number of nitrogens with zero attached hydrogens (tertiary/aromatic N) is 1. The lowest BCUT2D eigenvalue weighted by Crippen LogP contribution is -2.44. The summed E-state index contributed by atoms with van der Waals surface area (Å²) in [6, 6.07) is -0.174. The molecule has 0 bridgehead atoms. The van der Waals surface area contributed by atoms with Crippen LogP contribution < -0.4 is 4.72 Å². The zero-order valence-corrected chi connectivity index (χ0v) is 11.3. The summed E-state index contributed by atoms with van der Waals surface area (Å²) >= 11 is 1.54. The van der Waals surface area contributed by atoms with Crippen molar-refractivity contribution >= 4 is 27.9 Å². The van der Waals surface area contributed by atoms with Gasteiger partial charge in [-0.25, -0.2) is 0 Å². The lowest BCUT2D eigenvalue weighted by molar-refractivity contribution is -0.137. The number of carboxylic acid groups (broad SMARTS) is 1. The number of hydrogen-bond acceptors (Lipinski definition) is 4. The molecule has 1 atom stereocenters. The van der Waals surface area contributed by atoms with Gasteiger partial charge in [0.15, 0.2) is 0 Å². The Hall–Kier alpha value is -0.310. The highest BCUT2D eigenvalue weighted by molar-refractivity contribution is 7.98. The highest BCUT2D eigenvalue weighted by atomic mass is 32.2. The van der Waals surface area contributed by atoms with Crippen LogP contribution in [0.3, 0.4) is 0 Å². The van der Waals surface area contributed by atoms with Gasteiger partial charge in [0.2, 0.25) is 0 Å². The fourth-order valence-corrected chi connectivity index (χ4v) is 2.79. The second kappa shape index (κ2) is 7.10. The minimum Gasteiger partial charge on any atom is -0.481 e. The quantitative estimate of drug-likeness (QED) is 0.647. The third-order valence-electron chi connectivity index (χ3n) is 1.82. The Labute approximate surface area is 101 Å². The zero-order chi connectivity index (χ0) is 12.8. The van der Waals surface area contributed by atoms with Crippen molar-refractivity contribution in [2.75, 3.05) is 25.6 Å². The third-order valence-corrected chi connectivity index (χ3v) is 4.35. The summed E-state index contributed by atoms with van der Waals surface area (Å²) < 4.78 is 26.8. The Bertz CT molecular complexity index is 318. The van der Waals surface area contributed by atoms with Crippen LogP contribution in [0.4, 0.5) is 0 Å². The van der Waals surface area contributed by atoms with Gasteiger partial charge >= 0.3 is 5.97 Å². The van der Waals surface area contributed by atoms with E-state index in [1.807, 2.05) is 6.26 Å². The van der Waals surface area contributed by atoms with Crippen LogP contribution in [-0.4, -0.2) is 55.4 Å². The first-order chi connectivity index (χ1) is 7.29. The molecule has 0 heterocycles. The normalized spacial score (nSPS) is 14.0. The summed E-state index contributed by atoms with van der Waals surface area (Å²) in [7, 11) is -2.21. The van der Waals surface area contributed by atoms with E-state index < -0.39 is 16.2 Å². The van der Waals surface area contributed by atoms with E-state index in [2.05, 4.69) is 4.72 Å². The van der Waals surface area contributed by atoms with Crippen molar-refractivity contribution in [2.45, 2.75) is 19.4 Å². The number of hydrogen-bond donors (Lipinski definition) is 2. The van der Waals surface area contributed by atoms with Gasteiger partial charge in [0.25, 0.3) is 10.2 Å². The van der Waals surface area contributed by atoms with Gasteiger partial charge in [0, 0.05) is 25.4 Å². The van der Waals surface area contributed by atoms with Gasteiger partial charge in [-0.05, 0) is 13.2 Å². The minimum absolute atomic E-state index is 0.0311. The summed E-state index contributed by atoms with van der Waals surface area (Å²) in [5, 5.41) is 8.45. The summed E-state index contributed by atoms with van der Waals surface area (Å²) in [6.07, 6.45) is 1.69. The van der Waals surface area contributed by atoms with Crippen LogP contribution in [0.2, 0.25) is 0 Å². The van der Waals surface area contributed by atoms with E-state index in [0.717, 1.165) is 4.31 Å². The van der Waals surface area contributed by atoms with Gasteiger partial charge in [-0.1, -0.05) is 0 Å². The second-order valence-corrected chi connectivity index (χ2v) is 6.16. The lowest BCUT2D eigenvalue weighted by atomic mass is 10.4. The molecule has 0 rings (SSSR count). The van der Waals surface area contributed by atoms with E-state index in [4.69, 9.17) is 5.11 Å². The van der Waals surface area contributed by atoms with Crippen LogP contribution in [0.15, 0.2) is 0 Å². The third kappa shape index (κ3) is 6.31. The van der Waals surface area contributed by atoms with Gasteiger partial charge in [0.05, 0.1) is 6.42 Å². The van der Waals surface area contributed by atoms with Gasteiger partial charge in [0.1, 0.15) is 0 Å². The van der Waals surface area contributed by atoms with Crippen molar-refractivity contribution in [3.63, 3.8) is 0 Å². The van der Waals surface area contributed by atoms with Gasteiger partial charge in [-0.3, -0.25) is 4.79 Å². The number of carboxylic acids is 1. The Morgan fingerprint density at radius 3 is 2.56 bits per heavy atom. The van der Waals surface area contributed by atoms with Crippen molar-refractivity contribution < 1.29 is 18.3 Å². The Kier molecular flexibility index (Phi) is 6.96. The molecule has 0 aliphatic heterocycles. The van der Waals surface area contributed by atoms with E-state index in [-0.39, 0.29) is 19.0 Å². The lowest BCUT2D eigenvalue weighted by Gasteiger charge is -2.20. The molecule has 16 heavy (non-hydrogen) atoms. The van der Waals surface area contributed by atoms with Crippen LogP contribution in [0.1, 0.15) is 13.3 Å². The summed E-state index contributed by atoms with van der Waals surface area (Å²) in [6.45, 7) is 1.73. The maximum Gasteiger partial charge on any atom is 0.304 e. The predicted octanol–water partition coefficient (Wildman–Crippen LogP) is -0.0212. The molecule has 0 aliphatic carbocycles. The highest BCUT2D eigenvalue weighted by Gasteiger charge is 2.20. The van der Waals surface area contributed by atoms with Gasteiger partial charge < -0.3 is 5.11 Å². The molecule has 0 fully saturated rings. The van der Waals surface area contributed by atoms with Crippen LogP contribution in [0.25, 0.3) is 0 Å². The average Bonchev–Trinajstić information content (AvgIpc) is 2.13. The SMILES string of the molecule is CSCC(C)NS(=O)(=O)N(C)CCC(=O)O. The standard InChI is InChI=1S/C8H18N2O4S2/c1-7(6-15-3)9-16(13,14)10(2)5-4-8(11)12/h7,9H,4-6H2,1-3H3,(H,11,12). The molecule has 0 spiro atoms. The molecule has 8 heteroatoms. The van der Waals surface area contributed by atoms with Crippen molar-refractivity contribution in [3.8, 4) is 0 Å². The second-order valence-electron chi connectivity index (χ2n) is 3.44. The molecule has 2 N–H and O–H groups in total. The summed E-state index contributed by atoms with van der Waals surface area (Å²) in [5.41, 5.74) is 0. The fraction of sp³-hybridized carbons (Fsp3) is 0.875. The molecule has 0 radical (unpaired) electrons. The fourth-order valence-electron chi connectivity index (χ4n) is 1.00. The molecule has 6 nitrogen and oxygen atoms in total. The maximum atomic E-state index is 11.6. The molecule has 0 saturated carbocycles. The van der Waals surface area contributed by atoms with E-state index in [1.54, 1.807) is 18.7 Å². The van der Waals surface area contributed by atoms with Crippen molar-refractivity contribution in [2.24, 2.45) is 0 Å². The van der Waals surface area contributed by atoms with Gasteiger partial charge in [-0.15, -0.1) is 0 Å². The topological polar surface area (TPSA) is 86.7 Å². The van der Waals surface area contributed by atoms with Gasteiger partial charge in [-0.2, -0.15) is 29.2 Å².